The number of halogens is 2. The van der Waals surface area contributed by atoms with Gasteiger partial charge in [-0.15, -0.1) is 0 Å². The predicted molar refractivity (Wildman–Crippen MR) is 103 cm³/mol. The first kappa shape index (κ1) is 19.4. The van der Waals surface area contributed by atoms with E-state index >= 15 is 0 Å². The normalized spacial score (nSPS) is 14.3. The molecule has 1 fully saturated rings. The van der Waals surface area contributed by atoms with E-state index in [0.29, 0.717) is 40.2 Å². The third-order valence-corrected chi connectivity index (χ3v) is 5.90. The van der Waals surface area contributed by atoms with Gasteiger partial charge in [-0.25, -0.2) is 13.6 Å². The molecule has 1 saturated carbocycles. The molecule has 1 heterocycles. The number of fused-ring (bicyclic) bond motifs is 1. The topological polar surface area (TPSA) is 98.1 Å². The van der Waals surface area contributed by atoms with Gasteiger partial charge in [0.2, 0.25) is 10.0 Å². The van der Waals surface area contributed by atoms with E-state index in [-0.39, 0.29) is 10.6 Å². The Labute approximate surface area is 166 Å². The second-order valence-corrected chi connectivity index (χ2v) is 8.58. The number of sulfonamides is 1. The quantitative estimate of drug-likeness (QED) is 0.659. The minimum Gasteiger partial charge on any atom is -0.435 e. The molecule has 0 aliphatic heterocycles. The smallest absolute Gasteiger partial charge is 0.387 e. The molecule has 29 heavy (non-hydrogen) atoms. The van der Waals surface area contributed by atoms with Gasteiger partial charge in [0, 0.05) is 18.0 Å². The average Bonchev–Trinajstić information content (AvgIpc) is 3.42. The third-order valence-electron chi connectivity index (χ3n) is 4.97. The number of primary sulfonamides is 1. The molecule has 1 aliphatic rings. The molecule has 1 aliphatic carbocycles. The molecule has 2 N–H and O–H groups in total. The second kappa shape index (κ2) is 7.13. The summed E-state index contributed by atoms with van der Waals surface area (Å²) in [4.78, 5) is -0.0303. The van der Waals surface area contributed by atoms with Crippen LogP contribution in [-0.4, -0.2) is 19.6 Å². The van der Waals surface area contributed by atoms with Crippen molar-refractivity contribution in [3.8, 4) is 23.1 Å². The second-order valence-electron chi connectivity index (χ2n) is 7.02. The number of ether oxygens (including phenoxy) is 1. The molecule has 0 saturated heterocycles. The van der Waals surface area contributed by atoms with Crippen molar-refractivity contribution in [1.29, 1.82) is 5.26 Å². The van der Waals surface area contributed by atoms with Crippen molar-refractivity contribution in [2.75, 3.05) is 0 Å². The van der Waals surface area contributed by atoms with E-state index in [4.69, 9.17) is 5.14 Å². The minimum absolute atomic E-state index is 0.0164. The van der Waals surface area contributed by atoms with E-state index in [1.54, 1.807) is 18.2 Å². The SMILES string of the molecule is N#Cc1c(-c2ccc(S(N)(=O)=O)cc2)n(CC2CC2)c2cc(OC(F)F)ccc12. The Hall–Kier alpha value is -2.96. The van der Waals surface area contributed by atoms with Crippen LogP contribution < -0.4 is 9.88 Å². The summed E-state index contributed by atoms with van der Waals surface area (Å²) >= 11 is 0. The number of hydrogen-bond donors (Lipinski definition) is 1. The van der Waals surface area contributed by atoms with Crippen LogP contribution in [0.5, 0.6) is 5.75 Å². The molecule has 9 heteroatoms. The van der Waals surface area contributed by atoms with Gasteiger partial charge in [-0.05, 0) is 48.6 Å². The lowest BCUT2D eigenvalue weighted by Crippen LogP contribution is -2.11. The number of nitrogens with two attached hydrogens (primary N) is 1. The van der Waals surface area contributed by atoms with E-state index in [2.05, 4.69) is 10.8 Å². The first-order valence-corrected chi connectivity index (χ1v) is 10.5. The summed E-state index contributed by atoms with van der Waals surface area (Å²) in [5, 5.41) is 15.6. The van der Waals surface area contributed by atoms with Crippen molar-refractivity contribution in [2.24, 2.45) is 11.1 Å². The van der Waals surface area contributed by atoms with Crippen LogP contribution in [0.1, 0.15) is 18.4 Å². The summed E-state index contributed by atoms with van der Waals surface area (Å²) in [5.74, 6) is 0.460. The molecule has 150 valence electrons. The summed E-state index contributed by atoms with van der Waals surface area (Å²) in [5.41, 5.74) is 2.27. The van der Waals surface area contributed by atoms with Gasteiger partial charge in [0.15, 0.2) is 0 Å². The number of nitriles is 1. The van der Waals surface area contributed by atoms with Gasteiger partial charge in [-0.2, -0.15) is 14.0 Å². The molecule has 1 aromatic heterocycles. The van der Waals surface area contributed by atoms with Crippen LogP contribution in [-0.2, 0) is 16.6 Å². The van der Waals surface area contributed by atoms with Gasteiger partial charge in [-0.3, -0.25) is 0 Å². The van der Waals surface area contributed by atoms with Gasteiger partial charge >= 0.3 is 6.61 Å². The minimum atomic E-state index is -3.84. The van der Waals surface area contributed by atoms with Crippen LogP contribution in [0.4, 0.5) is 8.78 Å². The van der Waals surface area contributed by atoms with Crippen molar-refractivity contribution >= 4 is 20.9 Å². The fraction of sp³-hybridized carbons (Fsp3) is 0.250. The Kier molecular flexibility index (Phi) is 4.76. The Morgan fingerprint density at radius 1 is 1.21 bits per heavy atom. The van der Waals surface area contributed by atoms with Crippen molar-refractivity contribution < 1.29 is 21.9 Å². The molecule has 3 aromatic rings. The Morgan fingerprint density at radius 3 is 2.45 bits per heavy atom. The molecule has 0 radical (unpaired) electrons. The highest BCUT2D eigenvalue weighted by Gasteiger charge is 2.27. The number of alkyl halides is 2. The summed E-state index contributed by atoms with van der Waals surface area (Å²) in [6, 6.07) is 12.7. The largest absolute Gasteiger partial charge is 0.435 e. The zero-order chi connectivity index (χ0) is 20.8. The lowest BCUT2D eigenvalue weighted by Gasteiger charge is -2.12. The highest BCUT2D eigenvalue weighted by atomic mass is 32.2. The van der Waals surface area contributed by atoms with E-state index in [9.17, 15) is 22.5 Å². The third kappa shape index (κ3) is 3.81. The highest BCUT2D eigenvalue weighted by Crippen LogP contribution is 2.39. The molecule has 0 amide bonds. The average molecular weight is 417 g/mol. The monoisotopic (exact) mass is 417 g/mol. The van der Waals surface area contributed by atoms with Crippen molar-refractivity contribution in [3.63, 3.8) is 0 Å². The Bertz CT molecular complexity index is 1220. The van der Waals surface area contributed by atoms with Crippen LogP contribution in [0.3, 0.4) is 0 Å². The summed E-state index contributed by atoms with van der Waals surface area (Å²) in [6.45, 7) is -2.32. The van der Waals surface area contributed by atoms with Crippen molar-refractivity contribution in [1.82, 2.24) is 4.57 Å². The van der Waals surface area contributed by atoms with Gasteiger partial charge in [-0.1, -0.05) is 12.1 Å². The van der Waals surface area contributed by atoms with Gasteiger partial charge in [0.05, 0.1) is 21.7 Å². The molecule has 6 nitrogen and oxygen atoms in total. The number of benzene rings is 2. The number of hydrogen-bond acceptors (Lipinski definition) is 4. The zero-order valence-corrected chi connectivity index (χ0v) is 16.0. The molecular formula is C20H17F2N3O3S. The van der Waals surface area contributed by atoms with Crippen LogP contribution in [0, 0.1) is 17.2 Å². The maximum atomic E-state index is 12.7. The van der Waals surface area contributed by atoms with Crippen LogP contribution >= 0.6 is 0 Å². The van der Waals surface area contributed by atoms with Crippen molar-refractivity contribution in [3.05, 3.63) is 48.0 Å². The summed E-state index contributed by atoms with van der Waals surface area (Å²) in [7, 11) is -3.84. The fourth-order valence-corrected chi connectivity index (χ4v) is 3.98. The van der Waals surface area contributed by atoms with Crippen molar-refractivity contribution in [2.45, 2.75) is 30.9 Å². The van der Waals surface area contributed by atoms with E-state index in [1.165, 1.54) is 24.3 Å². The lowest BCUT2D eigenvalue weighted by atomic mass is 10.1. The molecular weight excluding hydrogens is 400 g/mol. The lowest BCUT2D eigenvalue weighted by molar-refractivity contribution is -0.0497. The predicted octanol–water partition coefficient (Wildman–Crippen LogP) is 3.84. The van der Waals surface area contributed by atoms with E-state index in [1.807, 2.05) is 4.57 Å². The Balaban J connectivity index is 1.92. The molecule has 4 rings (SSSR count). The molecule has 0 bridgehead atoms. The van der Waals surface area contributed by atoms with Crippen LogP contribution in [0.15, 0.2) is 47.4 Å². The molecule has 2 aromatic carbocycles. The van der Waals surface area contributed by atoms with Crippen LogP contribution in [0.25, 0.3) is 22.2 Å². The summed E-state index contributed by atoms with van der Waals surface area (Å²) < 4.78 is 54.8. The van der Waals surface area contributed by atoms with E-state index < -0.39 is 16.6 Å². The maximum absolute atomic E-state index is 12.7. The molecule has 0 unspecified atom stereocenters. The molecule has 0 atom stereocenters. The fourth-order valence-electron chi connectivity index (χ4n) is 3.47. The highest BCUT2D eigenvalue weighted by molar-refractivity contribution is 7.89. The zero-order valence-electron chi connectivity index (χ0n) is 15.2. The Morgan fingerprint density at radius 2 is 1.90 bits per heavy atom. The number of rotatable bonds is 6. The first-order valence-electron chi connectivity index (χ1n) is 8.92. The first-order chi connectivity index (χ1) is 13.8. The maximum Gasteiger partial charge on any atom is 0.387 e. The molecule has 0 spiro atoms. The summed E-state index contributed by atoms with van der Waals surface area (Å²) in [6.07, 6.45) is 2.11. The van der Waals surface area contributed by atoms with E-state index in [0.717, 1.165) is 12.8 Å². The van der Waals surface area contributed by atoms with Gasteiger partial charge < -0.3 is 9.30 Å². The number of nitrogens with zero attached hydrogens (tertiary/aromatic N) is 2. The van der Waals surface area contributed by atoms with Gasteiger partial charge in [0.25, 0.3) is 0 Å². The van der Waals surface area contributed by atoms with Gasteiger partial charge in [0.1, 0.15) is 11.8 Å². The number of aromatic nitrogens is 1. The standard InChI is InChI=1S/C20H17F2N3O3S/c21-20(22)28-14-5-8-16-17(10-23)19(25(18(16)9-14)11-12-1-2-12)13-3-6-15(7-4-13)29(24,26)27/h3-9,12,20H,1-2,11H2,(H2,24,26,27). The van der Waals surface area contributed by atoms with Crippen LogP contribution in [0.2, 0.25) is 0 Å².